The van der Waals surface area contributed by atoms with Gasteiger partial charge in [0.1, 0.15) is 0 Å². The van der Waals surface area contributed by atoms with Crippen LogP contribution in [-0.4, -0.2) is 42.1 Å². The van der Waals surface area contributed by atoms with Gasteiger partial charge >= 0.3 is 0 Å². The predicted molar refractivity (Wildman–Crippen MR) is 134 cm³/mol. The Balaban J connectivity index is 1.53. The number of nitrogens with one attached hydrogen (secondary N) is 1. The second-order valence-electron chi connectivity index (χ2n) is 8.70. The molecule has 0 aliphatic carbocycles. The maximum absolute atomic E-state index is 13.6. The van der Waals surface area contributed by atoms with Crippen molar-refractivity contribution in [2.45, 2.75) is 19.9 Å². The number of aromatic nitrogens is 1. The van der Waals surface area contributed by atoms with E-state index in [0.717, 1.165) is 54.1 Å². The van der Waals surface area contributed by atoms with Gasteiger partial charge in [0.15, 0.2) is 5.43 Å². The van der Waals surface area contributed by atoms with Crippen LogP contribution in [0.3, 0.4) is 0 Å². The Morgan fingerprint density at radius 3 is 2.34 bits per heavy atom. The van der Waals surface area contributed by atoms with E-state index >= 15 is 0 Å². The predicted octanol–water partition coefficient (Wildman–Crippen LogP) is 5.02. The smallest absolute Gasteiger partial charge is 0.195 e. The maximum Gasteiger partial charge on any atom is 0.195 e. The summed E-state index contributed by atoms with van der Waals surface area (Å²) in [6, 6.07) is 22.4. The lowest BCUT2D eigenvalue weighted by Crippen LogP contribution is -2.48. The fourth-order valence-electron chi connectivity index (χ4n) is 4.43. The third kappa shape index (κ3) is 4.04. The van der Waals surface area contributed by atoms with E-state index in [9.17, 15) is 4.79 Å². The zero-order valence-electron chi connectivity index (χ0n) is 18.6. The Labute approximate surface area is 188 Å². The van der Waals surface area contributed by atoms with Crippen LogP contribution in [0.1, 0.15) is 13.8 Å². The highest BCUT2D eigenvalue weighted by Crippen LogP contribution is 2.24. The zero-order valence-corrected chi connectivity index (χ0v) is 18.6. The number of hydrogen-bond donors (Lipinski definition) is 1. The molecule has 1 fully saturated rings. The molecule has 0 spiro atoms. The zero-order chi connectivity index (χ0) is 22.1. The molecule has 4 aromatic rings. The van der Waals surface area contributed by atoms with Gasteiger partial charge in [-0.2, -0.15) is 0 Å². The van der Waals surface area contributed by atoms with Crippen LogP contribution in [0.5, 0.6) is 0 Å². The van der Waals surface area contributed by atoms with E-state index in [1.165, 1.54) is 0 Å². The van der Waals surface area contributed by atoms with Gasteiger partial charge in [0.2, 0.25) is 0 Å². The van der Waals surface area contributed by atoms with Crippen LogP contribution in [0.25, 0.3) is 21.7 Å². The number of rotatable bonds is 4. The number of para-hydroxylation sites is 1. The molecular formula is C27H28N4O. The molecule has 0 saturated carbocycles. The van der Waals surface area contributed by atoms with Gasteiger partial charge in [-0.25, -0.2) is 0 Å². The first-order valence-corrected chi connectivity index (χ1v) is 11.3. The van der Waals surface area contributed by atoms with Crippen LogP contribution in [0.4, 0.5) is 17.1 Å². The molecule has 5 nitrogen and oxygen atoms in total. The van der Waals surface area contributed by atoms with E-state index in [4.69, 9.17) is 0 Å². The van der Waals surface area contributed by atoms with Crippen molar-refractivity contribution in [3.05, 3.63) is 83.2 Å². The minimum Gasteiger partial charge on any atom is -0.368 e. The Kier molecular flexibility index (Phi) is 5.50. The summed E-state index contributed by atoms with van der Waals surface area (Å²) in [7, 11) is 0. The number of pyridine rings is 1. The Bertz CT molecular complexity index is 1310. The third-order valence-corrected chi connectivity index (χ3v) is 6.34. The second-order valence-corrected chi connectivity index (χ2v) is 8.70. The van der Waals surface area contributed by atoms with E-state index in [1.54, 1.807) is 0 Å². The van der Waals surface area contributed by atoms with Crippen LogP contribution >= 0.6 is 0 Å². The molecule has 0 atom stereocenters. The molecule has 1 N–H and O–H groups in total. The fourth-order valence-corrected chi connectivity index (χ4v) is 4.43. The van der Waals surface area contributed by atoms with Gasteiger partial charge in [-0.15, -0.1) is 0 Å². The number of fused-ring (bicyclic) bond motifs is 2. The molecule has 0 unspecified atom stereocenters. The molecule has 0 bridgehead atoms. The van der Waals surface area contributed by atoms with Crippen molar-refractivity contribution in [1.29, 1.82) is 0 Å². The van der Waals surface area contributed by atoms with Crippen LogP contribution in [0.15, 0.2) is 77.7 Å². The second kappa shape index (κ2) is 8.60. The summed E-state index contributed by atoms with van der Waals surface area (Å²) in [6.07, 6.45) is 1.90. The molecule has 2 heterocycles. The van der Waals surface area contributed by atoms with Crippen molar-refractivity contribution in [3.8, 4) is 0 Å². The standard InChI is InChI=1S/C27H28N4O/c1-19(2)30-12-14-31(15-13-30)23-17-25-26(28-18-23)11-9-20-8-10-22(16-24(20)27(25)32)29-21-6-4-3-5-7-21/h3-11,16-19,29H,12-15H2,1-2H3. The number of nitrogens with zero attached hydrogens (tertiary/aromatic N) is 3. The third-order valence-electron chi connectivity index (χ3n) is 6.34. The molecule has 0 amide bonds. The SMILES string of the molecule is CC(C)N1CCN(c2cnc3ccc4ccc(Nc5ccccc5)cc4c(=O)c3c2)CC1. The van der Waals surface area contributed by atoms with Crippen molar-refractivity contribution in [2.75, 3.05) is 36.4 Å². The molecule has 3 aromatic carbocycles. The minimum atomic E-state index is 0.0203. The molecule has 0 radical (unpaired) electrons. The summed E-state index contributed by atoms with van der Waals surface area (Å²) in [5.41, 5.74) is 3.67. The van der Waals surface area contributed by atoms with E-state index in [2.05, 4.69) is 33.9 Å². The number of hydrogen-bond acceptors (Lipinski definition) is 5. The molecule has 1 saturated heterocycles. The molecule has 1 aromatic heterocycles. The van der Waals surface area contributed by atoms with Gasteiger partial charge in [0.05, 0.1) is 22.8 Å². The summed E-state index contributed by atoms with van der Waals surface area (Å²) in [4.78, 5) is 23.0. The van der Waals surface area contributed by atoms with E-state index in [-0.39, 0.29) is 5.43 Å². The first kappa shape index (κ1) is 20.5. The molecule has 1 aliphatic rings. The minimum absolute atomic E-state index is 0.0203. The van der Waals surface area contributed by atoms with Gasteiger partial charge in [0, 0.05) is 49.0 Å². The van der Waals surface area contributed by atoms with Crippen molar-refractivity contribution in [1.82, 2.24) is 9.88 Å². The van der Waals surface area contributed by atoms with Gasteiger partial charge in [-0.05, 0) is 55.6 Å². The Morgan fingerprint density at radius 1 is 0.844 bits per heavy atom. The molecule has 32 heavy (non-hydrogen) atoms. The van der Waals surface area contributed by atoms with Gasteiger partial charge < -0.3 is 10.2 Å². The van der Waals surface area contributed by atoms with Crippen LogP contribution in [-0.2, 0) is 0 Å². The van der Waals surface area contributed by atoms with Crippen molar-refractivity contribution in [2.24, 2.45) is 0 Å². The summed E-state index contributed by atoms with van der Waals surface area (Å²) in [5, 5.41) is 5.67. The quantitative estimate of drug-likeness (QED) is 0.498. The number of anilines is 3. The lowest BCUT2D eigenvalue weighted by Gasteiger charge is -2.38. The monoisotopic (exact) mass is 424 g/mol. The Hall–Kier alpha value is -3.44. The molecule has 5 heteroatoms. The largest absolute Gasteiger partial charge is 0.368 e. The maximum atomic E-state index is 13.6. The van der Waals surface area contributed by atoms with Gasteiger partial charge in [0.25, 0.3) is 0 Å². The summed E-state index contributed by atoms with van der Waals surface area (Å²) in [5.74, 6) is 0. The molecule has 5 rings (SSSR count). The van der Waals surface area contributed by atoms with Gasteiger partial charge in [-0.1, -0.05) is 30.3 Å². The summed E-state index contributed by atoms with van der Waals surface area (Å²) < 4.78 is 0. The number of piperazine rings is 1. The van der Waals surface area contributed by atoms with Crippen LogP contribution in [0.2, 0.25) is 0 Å². The highest BCUT2D eigenvalue weighted by molar-refractivity contribution is 5.94. The van der Waals surface area contributed by atoms with Gasteiger partial charge in [-0.3, -0.25) is 14.7 Å². The fraction of sp³-hybridized carbons (Fsp3) is 0.259. The molecular weight excluding hydrogens is 396 g/mol. The summed E-state index contributed by atoms with van der Waals surface area (Å²) >= 11 is 0. The molecule has 162 valence electrons. The highest BCUT2D eigenvalue weighted by Gasteiger charge is 2.19. The lowest BCUT2D eigenvalue weighted by atomic mass is 10.1. The summed E-state index contributed by atoms with van der Waals surface area (Å²) in [6.45, 7) is 8.43. The topological polar surface area (TPSA) is 48.5 Å². The van der Waals surface area contributed by atoms with Crippen molar-refractivity contribution < 1.29 is 0 Å². The molecule has 1 aliphatic heterocycles. The van der Waals surface area contributed by atoms with Crippen LogP contribution < -0.4 is 15.6 Å². The first-order valence-electron chi connectivity index (χ1n) is 11.3. The van der Waals surface area contributed by atoms with E-state index in [1.807, 2.05) is 72.9 Å². The Morgan fingerprint density at radius 2 is 1.59 bits per heavy atom. The first-order chi connectivity index (χ1) is 15.6. The van der Waals surface area contributed by atoms with E-state index < -0.39 is 0 Å². The highest BCUT2D eigenvalue weighted by atomic mass is 16.1. The lowest BCUT2D eigenvalue weighted by molar-refractivity contribution is 0.209. The normalized spacial score (nSPS) is 14.9. The van der Waals surface area contributed by atoms with Crippen LogP contribution in [0, 0.1) is 0 Å². The average Bonchev–Trinajstić information content (AvgIpc) is 2.96. The number of benzene rings is 2. The average molecular weight is 425 g/mol. The van der Waals surface area contributed by atoms with Crippen molar-refractivity contribution in [3.63, 3.8) is 0 Å². The van der Waals surface area contributed by atoms with E-state index in [0.29, 0.717) is 16.8 Å². The van der Waals surface area contributed by atoms with Crippen molar-refractivity contribution >= 4 is 38.7 Å².